The van der Waals surface area contributed by atoms with Crippen LogP contribution in [0.4, 0.5) is 11.4 Å². The van der Waals surface area contributed by atoms with Crippen LogP contribution in [0, 0.1) is 10.1 Å². The van der Waals surface area contributed by atoms with Crippen LogP contribution in [0.5, 0.6) is 0 Å². The molecule has 2 aromatic carbocycles. The molecule has 0 saturated carbocycles. The fourth-order valence-electron chi connectivity index (χ4n) is 4.39. The van der Waals surface area contributed by atoms with Crippen molar-refractivity contribution in [3.8, 4) is 5.69 Å². The number of nitrogens with zero attached hydrogens (tertiary/aromatic N) is 7. The quantitative estimate of drug-likeness (QED) is 0.202. The fraction of sp³-hybridized carbons (Fsp3) is 0.333. The number of nitrogens with one attached hydrogen (secondary N) is 1. The molecule has 0 bridgehead atoms. The fourth-order valence-corrected chi connectivity index (χ4v) is 5.16. The molecule has 1 amide bonds. The molecule has 2 aromatic heterocycles. The molecule has 1 fully saturated rings. The summed E-state index contributed by atoms with van der Waals surface area (Å²) in [6.45, 7) is 3.50. The van der Waals surface area contributed by atoms with Crippen LogP contribution >= 0.6 is 11.8 Å². The molecule has 1 saturated heterocycles. The molecule has 0 radical (unpaired) electrons. The average Bonchev–Trinajstić information content (AvgIpc) is 3.41. The van der Waals surface area contributed by atoms with Gasteiger partial charge in [-0.05, 0) is 18.2 Å². The van der Waals surface area contributed by atoms with Crippen molar-refractivity contribution in [3.63, 3.8) is 0 Å². The number of aryl methyl sites for hydroxylation is 2. The molecular weight excluding hydrogens is 512 g/mol. The van der Waals surface area contributed by atoms with Crippen LogP contribution in [0.1, 0.15) is 5.82 Å². The van der Waals surface area contributed by atoms with Gasteiger partial charge >= 0.3 is 5.69 Å². The molecule has 13 nitrogen and oxygen atoms in total. The minimum atomic E-state index is -0.580. The lowest BCUT2D eigenvalue weighted by molar-refractivity contribution is -0.383. The minimum Gasteiger partial charge on any atom is -0.379 e. The lowest BCUT2D eigenvalue weighted by Gasteiger charge is -2.26. The highest BCUT2D eigenvalue weighted by atomic mass is 32.2. The van der Waals surface area contributed by atoms with Crippen molar-refractivity contribution >= 4 is 40.1 Å². The Hall–Kier alpha value is -4.01. The van der Waals surface area contributed by atoms with Gasteiger partial charge in [-0.2, -0.15) is 0 Å². The predicted octanol–water partition coefficient (Wildman–Crippen LogP) is 1.93. The lowest BCUT2D eigenvalue weighted by atomic mass is 10.2. The van der Waals surface area contributed by atoms with Gasteiger partial charge in [-0.15, -0.1) is 10.2 Å². The summed E-state index contributed by atoms with van der Waals surface area (Å²) in [6.07, 6.45) is 0. The maximum absolute atomic E-state index is 12.9. The van der Waals surface area contributed by atoms with Gasteiger partial charge in [-0.1, -0.05) is 30.0 Å². The number of carbonyl (C=O) groups is 1. The molecule has 1 aliphatic heterocycles. The normalized spacial score (nSPS) is 14.2. The summed E-state index contributed by atoms with van der Waals surface area (Å²) in [7, 11) is 3.11. The molecule has 0 atom stereocenters. The standard InChI is InChI=1S/C24H26N8O5S/c1-28-19-12-17(18(32(35)36)13-20(19)29(2)24(28)34)25-22(33)15-38-23-27-26-21(14-30-8-10-37-11-9-30)31(23)16-6-4-3-5-7-16/h3-7,12-13H,8-11,14-15H2,1-2H3,(H,25,33). The number of morpholine rings is 1. The number of benzene rings is 2. The second-order valence-electron chi connectivity index (χ2n) is 8.81. The number of rotatable bonds is 8. The molecule has 198 valence electrons. The Balaban J connectivity index is 1.37. The molecule has 38 heavy (non-hydrogen) atoms. The number of ether oxygens (including phenoxy) is 1. The third-order valence-corrected chi connectivity index (χ3v) is 7.31. The van der Waals surface area contributed by atoms with Gasteiger partial charge in [0.15, 0.2) is 11.0 Å². The number of nitro benzene ring substituents is 1. The van der Waals surface area contributed by atoms with Gasteiger partial charge < -0.3 is 10.1 Å². The zero-order valence-corrected chi connectivity index (χ0v) is 21.7. The highest BCUT2D eigenvalue weighted by molar-refractivity contribution is 7.99. The van der Waals surface area contributed by atoms with Crippen molar-refractivity contribution < 1.29 is 14.5 Å². The van der Waals surface area contributed by atoms with E-state index in [0.29, 0.717) is 35.9 Å². The van der Waals surface area contributed by atoms with Crippen molar-refractivity contribution in [2.24, 2.45) is 14.1 Å². The molecule has 4 aromatic rings. The Morgan fingerprint density at radius 2 is 1.79 bits per heavy atom. The smallest absolute Gasteiger partial charge is 0.328 e. The van der Waals surface area contributed by atoms with Crippen molar-refractivity contribution in [3.05, 3.63) is 68.9 Å². The summed E-state index contributed by atoms with van der Waals surface area (Å²) in [5.74, 6) is 0.244. The number of imidazole rings is 1. The van der Waals surface area contributed by atoms with E-state index in [1.807, 2.05) is 34.9 Å². The van der Waals surface area contributed by atoms with Gasteiger partial charge in [-0.3, -0.25) is 33.5 Å². The molecule has 5 rings (SSSR count). The molecule has 0 unspecified atom stereocenters. The average molecular weight is 539 g/mol. The second-order valence-corrected chi connectivity index (χ2v) is 9.75. The Bertz CT molecular complexity index is 1560. The molecular formula is C24H26N8O5S. The second kappa shape index (κ2) is 10.8. The van der Waals surface area contributed by atoms with Crippen LogP contribution < -0.4 is 11.0 Å². The summed E-state index contributed by atoms with van der Waals surface area (Å²) in [5, 5.41) is 23.6. The first kappa shape index (κ1) is 25.6. The summed E-state index contributed by atoms with van der Waals surface area (Å²) < 4.78 is 10.1. The van der Waals surface area contributed by atoms with Crippen molar-refractivity contribution in [2.45, 2.75) is 11.7 Å². The van der Waals surface area contributed by atoms with Crippen molar-refractivity contribution in [2.75, 3.05) is 37.4 Å². The molecule has 3 heterocycles. The monoisotopic (exact) mass is 538 g/mol. The third-order valence-electron chi connectivity index (χ3n) is 6.38. The Labute approximate surface area is 221 Å². The summed E-state index contributed by atoms with van der Waals surface area (Å²) in [5.41, 5.74) is 1.16. The van der Waals surface area contributed by atoms with E-state index >= 15 is 0 Å². The first-order chi connectivity index (χ1) is 18.3. The Morgan fingerprint density at radius 1 is 1.11 bits per heavy atom. The number of anilines is 1. The van der Waals surface area contributed by atoms with E-state index in [4.69, 9.17) is 4.74 Å². The van der Waals surface area contributed by atoms with Crippen LogP contribution in [0.15, 0.2) is 52.4 Å². The largest absolute Gasteiger partial charge is 0.379 e. The van der Waals surface area contributed by atoms with Crippen LogP contribution in [0.25, 0.3) is 16.7 Å². The van der Waals surface area contributed by atoms with Gasteiger partial charge in [0.2, 0.25) is 5.91 Å². The first-order valence-corrected chi connectivity index (χ1v) is 12.9. The van der Waals surface area contributed by atoms with E-state index < -0.39 is 10.8 Å². The number of hydrogen-bond acceptors (Lipinski definition) is 9. The molecule has 1 aliphatic rings. The maximum atomic E-state index is 12.9. The van der Waals surface area contributed by atoms with E-state index in [1.165, 1.54) is 33.0 Å². The molecule has 14 heteroatoms. The van der Waals surface area contributed by atoms with E-state index in [1.54, 1.807) is 14.1 Å². The number of para-hydroxylation sites is 1. The van der Waals surface area contributed by atoms with E-state index in [9.17, 15) is 19.7 Å². The number of thioether (sulfide) groups is 1. The lowest BCUT2D eigenvalue weighted by Crippen LogP contribution is -2.36. The zero-order valence-electron chi connectivity index (χ0n) is 20.9. The van der Waals surface area contributed by atoms with E-state index in [2.05, 4.69) is 20.4 Å². The molecule has 0 spiro atoms. The van der Waals surface area contributed by atoms with E-state index in [0.717, 1.165) is 24.6 Å². The molecule has 0 aliphatic carbocycles. The summed E-state index contributed by atoms with van der Waals surface area (Å²) >= 11 is 1.18. The van der Waals surface area contributed by atoms with Crippen LogP contribution in [-0.4, -0.2) is 71.7 Å². The van der Waals surface area contributed by atoms with Crippen LogP contribution in [0.2, 0.25) is 0 Å². The van der Waals surface area contributed by atoms with Gasteiger partial charge in [0.05, 0.1) is 41.5 Å². The third kappa shape index (κ3) is 5.05. The SMILES string of the molecule is Cn1c(=O)n(C)c2cc([N+](=O)[O-])c(NC(=O)CSc3nnc(CN4CCOCC4)n3-c3ccccc3)cc21. The number of fused-ring (bicyclic) bond motifs is 1. The Kier molecular flexibility index (Phi) is 7.26. The number of nitro groups is 1. The predicted molar refractivity (Wildman–Crippen MR) is 142 cm³/mol. The summed E-state index contributed by atoms with van der Waals surface area (Å²) in [6, 6.07) is 12.4. The van der Waals surface area contributed by atoms with E-state index in [-0.39, 0.29) is 22.8 Å². The van der Waals surface area contributed by atoms with Gasteiger partial charge in [0, 0.05) is 38.9 Å². The number of aromatic nitrogens is 5. The summed E-state index contributed by atoms with van der Waals surface area (Å²) in [4.78, 5) is 38.6. The van der Waals surface area contributed by atoms with Crippen LogP contribution in [0.3, 0.4) is 0 Å². The number of carbonyl (C=O) groups excluding carboxylic acids is 1. The topological polar surface area (TPSA) is 142 Å². The highest BCUT2D eigenvalue weighted by Gasteiger charge is 2.23. The Morgan fingerprint density at radius 3 is 2.47 bits per heavy atom. The highest BCUT2D eigenvalue weighted by Crippen LogP contribution is 2.30. The zero-order chi connectivity index (χ0) is 26.8. The minimum absolute atomic E-state index is 0.0202. The number of amides is 1. The first-order valence-electron chi connectivity index (χ1n) is 11.9. The van der Waals surface area contributed by atoms with Gasteiger partial charge in [0.1, 0.15) is 5.69 Å². The van der Waals surface area contributed by atoms with Crippen molar-refractivity contribution in [1.29, 1.82) is 0 Å². The molecule has 1 N–H and O–H groups in total. The number of hydrogen-bond donors (Lipinski definition) is 1. The maximum Gasteiger partial charge on any atom is 0.328 e. The van der Waals surface area contributed by atoms with Crippen LogP contribution in [-0.2, 0) is 30.2 Å². The van der Waals surface area contributed by atoms with Crippen molar-refractivity contribution in [1.82, 2.24) is 28.8 Å². The van der Waals surface area contributed by atoms with Gasteiger partial charge in [0.25, 0.3) is 5.69 Å². The van der Waals surface area contributed by atoms with Gasteiger partial charge in [-0.25, -0.2) is 4.79 Å².